The second-order valence-corrected chi connectivity index (χ2v) is 6.57. The molecular formula is C15H19BrFNO2. The van der Waals surface area contributed by atoms with Crippen LogP contribution in [0.15, 0.2) is 22.7 Å². The topological polar surface area (TPSA) is 49.3 Å². The smallest absolute Gasteiger partial charge is 0.252 e. The van der Waals surface area contributed by atoms with Gasteiger partial charge in [-0.15, -0.1) is 0 Å². The molecule has 0 bridgehead atoms. The van der Waals surface area contributed by atoms with E-state index in [1.165, 1.54) is 18.2 Å². The van der Waals surface area contributed by atoms with E-state index in [4.69, 9.17) is 0 Å². The predicted molar refractivity (Wildman–Crippen MR) is 79.0 cm³/mol. The van der Waals surface area contributed by atoms with E-state index in [9.17, 15) is 14.3 Å². The van der Waals surface area contributed by atoms with Crippen LogP contribution in [0.3, 0.4) is 0 Å². The molecule has 2 N–H and O–H groups in total. The summed E-state index contributed by atoms with van der Waals surface area (Å²) in [6, 6.07) is 3.93. The number of benzene rings is 1. The van der Waals surface area contributed by atoms with Crippen molar-refractivity contribution >= 4 is 21.8 Å². The summed E-state index contributed by atoms with van der Waals surface area (Å²) in [4.78, 5) is 12.1. The van der Waals surface area contributed by atoms with Crippen LogP contribution < -0.4 is 5.32 Å². The fourth-order valence-electron chi connectivity index (χ4n) is 2.49. The molecule has 0 spiro atoms. The molecule has 0 saturated heterocycles. The molecule has 5 heteroatoms. The summed E-state index contributed by atoms with van der Waals surface area (Å²) in [5.41, 5.74) is -0.437. The van der Waals surface area contributed by atoms with Gasteiger partial charge in [0, 0.05) is 11.0 Å². The Kier molecular flexibility index (Phi) is 4.81. The van der Waals surface area contributed by atoms with Crippen LogP contribution >= 0.6 is 15.9 Å². The maximum atomic E-state index is 13.0. The van der Waals surface area contributed by atoms with Gasteiger partial charge in [-0.25, -0.2) is 4.39 Å². The SMILES string of the molecule is CC1CCC(O)(CNC(=O)c2ccc(F)cc2Br)CC1. The van der Waals surface area contributed by atoms with Gasteiger partial charge in [-0.05, 0) is 65.7 Å². The fourth-order valence-corrected chi connectivity index (χ4v) is 3.02. The first kappa shape index (κ1) is 15.4. The quantitative estimate of drug-likeness (QED) is 0.884. The van der Waals surface area contributed by atoms with Gasteiger partial charge in [-0.3, -0.25) is 4.79 Å². The van der Waals surface area contributed by atoms with Crippen molar-refractivity contribution in [3.05, 3.63) is 34.1 Å². The highest BCUT2D eigenvalue weighted by atomic mass is 79.9. The lowest BCUT2D eigenvalue weighted by molar-refractivity contribution is -0.00540. The van der Waals surface area contributed by atoms with Crippen LogP contribution in [0.25, 0.3) is 0 Å². The zero-order valence-electron chi connectivity index (χ0n) is 11.5. The maximum absolute atomic E-state index is 13.0. The minimum Gasteiger partial charge on any atom is -0.388 e. The molecule has 2 rings (SSSR count). The summed E-state index contributed by atoms with van der Waals surface area (Å²) < 4.78 is 13.4. The number of hydrogen-bond donors (Lipinski definition) is 2. The summed E-state index contributed by atoms with van der Waals surface area (Å²) >= 11 is 3.17. The van der Waals surface area contributed by atoms with Gasteiger partial charge in [-0.1, -0.05) is 6.92 Å². The monoisotopic (exact) mass is 343 g/mol. The third-order valence-electron chi connectivity index (χ3n) is 3.96. The number of carbonyl (C=O) groups excluding carboxylic acids is 1. The van der Waals surface area contributed by atoms with Gasteiger partial charge >= 0.3 is 0 Å². The second kappa shape index (κ2) is 6.22. The summed E-state index contributed by atoms with van der Waals surface area (Å²) in [6.45, 7) is 2.41. The average Bonchev–Trinajstić information content (AvgIpc) is 2.40. The summed E-state index contributed by atoms with van der Waals surface area (Å²) in [6.07, 6.45) is 3.37. The first-order chi connectivity index (χ1) is 9.39. The van der Waals surface area contributed by atoms with E-state index in [0.717, 1.165) is 12.8 Å². The van der Waals surface area contributed by atoms with Gasteiger partial charge in [0.2, 0.25) is 0 Å². The highest BCUT2D eigenvalue weighted by Crippen LogP contribution is 2.31. The van der Waals surface area contributed by atoms with E-state index >= 15 is 0 Å². The summed E-state index contributed by atoms with van der Waals surface area (Å²) in [7, 11) is 0. The van der Waals surface area contributed by atoms with Gasteiger partial charge < -0.3 is 10.4 Å². The summed E-state index contributed by atoms with van der Waals surface area (Å²) in [5, 5.41) is 13.2. The van der Waals surface area contributed by atoms with Gasteiger partial charge in [0.25, 0.3) is 5.91 Å². The van der Waals surface area contributed by atoms with Crippen LogP contribution in [0.4, 0.5) is 4.39 Å². The molecule has 0 aromatic heterocycles. The van der Waals surface area contributed by atoms with Crippen LogP contribution in [0.5, 0.6) is 0 Å². The van der Waals surface area contributed by atoms with Crippen molar-refractivity contribution in [3.63, 3.8) is 0 Å². The number of rotatable bonds is 3. The van der Waals surface area contributed by atoms with Crippen LogP contribution in [0, 0.1) is 11.7 Å². The number of carbonyl (C=O) groups is 1. The molecule has 1 saturated carbocycles. The van der Waals surface area contributed by atoms with Crippen molar-refractivity contribution in [1.29, 1.82) is 0 Å². The minimum absolute atomic E-state index is 0.238. The molecule has 1 fully saturated rings. The van der Waals surface area contributed by atoms with Gasteiger partial charge in [0.15, 0.2) is 0 Å². The zero-order chi connectivity index (χ0) is 14.8. The van der Waals surface area contributed by atoms with Crippen molar-refractivity contribution < 1.29 is 14.3 Å². The fraction of sp³-hybridized carbons (Fsp3) is 0.533. The van der Waals surface area contributed by atoms with E-state index < -0.39 is 11.4 Å². The Morgan fingerprint density at radius 2 is 2.15 bits per heavy atom. The Hall–Kier alpha value is -0.940. The Bertz CT molecular complexity index is 499. The van der Waals surface area contributed by atoms with Gasteiger partial charge in [-0.2, -0.15) is 0 Å². The molecule has 3 nitrogen and oxygen atoms in total. The third kappa shape index (κ3) is 3.79. The predicted octanol–water partition coefficient (Wildman–Crippen LogP) is 3.26. The highest BCUT2D eigenvalue weighted by molar-refractivity contribution is 9.10. The molecule has 20 heavy (non-hydrogen) atoms. The summed E-state index contributed by atoms with van der Waals surface area (Å²) in [5.74, 6) is -0.0607. The largest absolute Gasteiger partial charge is 0.388 e. The third-order valence-corrected chi connectivity index (χ3v) is 4.61. The average molecular weight is 344 g/mol. The van der Waals surface area contributed by atoms with Gasteiger partial charge in [0.1, 0.15) is 5.82 Å². The van der Waals surface area contributed by atoms with E-state index in [1.54, 1.807) is 0 Å². The molecule has 1 aliphatic rings. The van der Waals surface area contributed by atoms with Crippen molar-refractivity contribution in [2.75, 3.05) is 6.54 Å². The lowest BCUT2D eigenvalue weighted by Crippen LogP contribution is -2.45. The Balaban J connectivity index is 1.95. The van der Waals surface area contributed by atoms with Crippen LogP contribution in [-0.2, 0) is 0 Å². The normalized spacial score (nSPS) is 26.3. The molecule has 0 heterocycles. The first-order valence-corrected chi connectivity index (χ1v) is 7.64. The molecular weight excluding hydrogens is 325 g/mol. The molecule has 0 aliphatic heterocycles. The minimum atomic E-state index is -0.811. The number of halogens is 2. The maximum Gasteiger partial charge on any atom is 0.252 e. The van der Waals surface area contributed by atoms with E-state index in [-0.39, 0.29) is 12.5 Å². The lowest BCUT2D eigenvalue weighted by Gasteiger charge is -2.34. The van der Waals surface area contributed by atoms with Gasteiger partial charge in [0.05, 0.1) is 11.2 Å². The molecule has 1 amide bonds. The number of hydrogen-bond acceptors (Lipinski definition) is 2. The molecule has 0 unspecified atom stereocenters. The Morgan fingerprint density at radius 1 is 1.50 bits per heavy atom. The van der Waals surface area contributed by atoms with E-state index in [2.05, 4.69) is 28.2 Å². The standard InChI is InChI=1S/C15H19BrFNO2/c1-10-4-6-15(20,7-5-10)9-18-14(19)12-3-2-11(17)8-13(12)16/h2-3,8,10,20H,4-7,9H2,1H3,(H,18,19). The molecule has 0 radical (unpaired) electrons. The van der Waals surface area contributed by atoms with Crippen LogP contribution in [-0.4, -0.2) is 23.2 Å². The zero-order valence-corrected chi connectivity index (χ0v) is 13.0. The second-order valence-electron chi connectivity index (χ2n) is 5.71. The number of nitrogens with one attached hydrogen (secondary N) is 1. The van der Waals surface area contributed by atoms with Crippen molar-refractivity contribution in [3.8, 4) is 0 Å². The Morgan fingerprint density at radius 3 is 2.75 bits per heavy atom. The van der Waals surface area contributed by atoms with Crippen molar-refractivity contribution in [2.45, 2.75) is 38.2 Å². The molecule has 1 aliphatic carbocycles. The van der Waals surface area contributed by atoms with Crippen LogP contribution in [0.2, 0.25) is 0 Å². The first-order valence-electron chi connectivity index (χ1n) is 6.85. The molecule has 0 atom stereocenters. The Labute approximate surface area is 126 Å². The van der Waals surface area contributed by atoms with Crippen molar-refractivity contribution in [1.82, 2.24) is 5.32 Å². The molecule has 1 aromatic carbocycles. The molecule has 110 valence electrons. The molecule has 1 aromatic rings. The van der Waals surface area contributed by atoms with Crippen LogP contribution in [0.1, 0.15) is 43.0 Å². The van der Waals surface area contributed by atoms with E-state index in [0.29, 0.717) is 28.8 Å². The number of aliphatic hydroxyl groups is 1. The van der Waals surface area contributed by atoms with Crippen molar-refractivity contribution in [2.24, 2.45) is 5.92 Å². The van der Waals surface area contributed by atoms with E-state index in [1.807, 2.05) is 0 Å². The lowest BCUT2D eigenvalue weighted by atomic mass is 9.79. The highest BCUT2D eigenvalue weighted by Gasteiger charge is 2.32. The number of amides is 1.